The highest BCUT2D eigenvalue weighted by molar-refractivity contribution is 8.78. The van der Waals surface area contributed by atoms with Gasteiger partial charge in [-0.3, -0.25) is 29.0 Å². The zero-order chi connectivity index (χ0) is 33.7. The molecule has 10 heterocycles. The third kappa shape index (κ3) is 2.48. The van der Waals surface area contributed by atoms with Gasteiger partial charge in [0.1, 0.15) is 24.5 Å². The molecule has 250 valence electrons. The van der Waals surface area contributed by atoms with Gasteiger partial charge in [0.15, 0.2) is 4.87 Å². The van der Waals surface area contributed by atoms with Crippen LogP contribution in [0.25, 0.3) is 0 Å². The normalized spacial score (nSPS) is 46.2. The smallest absolute Gasteiger partial charge is 0.266 e. The van der Waals surface area contributed by atoms with Crippen molar-refractivity contribution in [1.29, 1.82) is 0 Å². The molecule has 11 atom stereocenters. The minimum Gasteiger partial charge on any atom is -0.389 e. The van der Waals surface area contributed by atoms with Crippen molar-refractivity contribution in [3.05, 3.63) is 59.7 Å². The van der Waals surface area contributed by atoms with Crippen LogP contribution in [0, 0.1) is 0 Å². The number of nitrogens with one attached hydrogen (secondary N) is 2. The van der Waals surface area contributed by atoms with E-state index in [-0.39, 0.29) is 5.91 Å². The first-order valence-corrected chi connectivity index (χ1v) is 19.8. The number of aliphatic hydroxyl groups excluding tert-OH is 3. The highest BCUT2D eigenvalue weighted by atomic mass is 33.1. The fourth-order valence-corrected chi connectivity index (χ4v) is 17.7. The van der Waals surface area contributed by atoms with Crippen molar-refractivity contribution in [3.63, 3.8) is 0 Å². The largest absolute Gasteiger partial charge is 0.389 e. The molecular formula is C31H30N6O7S4. The van der Waals surface area contributed by atoms with E-state index in [2.05, 4.69) is 10.6 Å². The van der Waals surface area contributed by atoms with Crippen LogP contribution in [-0.4, -0.2) is 123 Å². The molecule has 12 rings (SSSR count). The molecule has 8 saturated heterocycles. The summed E-state index contributed by atoms with van der Waals surface area (Å²) < 4.78 is 0. The van der Waals surface area contributed by atoms with Crippen molar-refractivity contribution in [1.82, 2.24) is 19.6 Å². The number of benzene rings is 2. The number of amides is 4. The molecule has 2 aromatic carbocycles. The van der Waals surface area contributed by atoms with Gasteiger partial charge in [-0.05, 0) is 69.5 Å². The Bertz CT molecular complexity index is 1950. The van der Waals surface area contributed by atoms with Gasteiger partial charge in [0, 0.05) is 25.5 Å². The second kappa shape index (κ2) is 8.55. The number of hydrogen-bond donors (Lipinski definition) is 5. The van der Waals surface area contributed by atoms with E-state index in [4.69, 9.17) is 0 Å². The minimum atomic E-state index is -1.88. The average molecular weight is 727 g/mol. The van der Waals surface area contributed by atoms with Crippen molar-refractivity contribution in [2.75, 3.05) is 24.7 Å². The molecule has 10 aliphatic rings. The first-order valence-electron chi connectivity index (χ1n) is 15.5. The number of hydrogen-bond acceptors (Lipinski definition) is 13. The molecule has 2 unspecified atom stereocenters. The highest BCUT2D eigenvalue weighted by Crippen LogP contribution is 2.78. The molecule has 13 nitrogen and oxygen atoms in total. The summed E-state index contributed by atoms with van der Waals surface area (Å²) in [7, 11) is 7.46. The number of rotatable bonds is 2. The number of fused-ring (bicyclic) bond motifs is 11. The Kier molecular flexibility index (Phi) is 5.36. The van der Waals surface area contributed by atoms with E-state index in [0.717, 1.165) is 32.4 Å². The van der Waals surface area contributed by atoms with Crippen LogP contribution in [0.5, 0.6) is 0 Å². The van der Waals surface area contributed by atoms with Gasteiger partial charge in [0.2, 0.25) is 14.6 Å². The van der Waals surface area contributed by atoms with Crippen molar-refractivity contribution in [2.24, 2.45) is 0 Å². The molecule has 0 radical (unpaired) electrons. The van der Waals surface area contributed by atoms with Gasteiger partial charge < -0.3 is 35.8 Å². The SMILES string of the molecule is CC(O)[C@@]12SS[C@]3(C(=O)N1C)[C@@H](O)[C@]1([C@]45c6ccccc6N[C@@H]4N4C(=O)C6(C)SS[C@]4(C(=O)N6C)[C@H]5O)c4ccccc4N[C@H]1N3C2=O. The van der Waals surface area contributed by atoms with E-state index in [9.17, 15) is 34.5 Å². The fourth-order valence-electron chi connectivity index (χ4n) is 10.2. The summed E-state index contributed by atoms with van der Waals surface area (Å²) in [5.74, 6) is -1.94. The van der Waals surface area contributed by atoms with E-state index >= 15 is 0 Å². The maximum Gasteiger partial charge on any atom is 0.266 e. The number of likely N-dealkylation sites (N-methyl/N-ethyl adjacent to an activating group) is 2. The molecule has 8 fully saturated rings. The Balaban J connectivity index is 1.34. The fraction of sp³-hybridized carbons (Fsp3) is 0.484. The third-order valence-electron chi connectivity index (χ3n) is 12.4. The number of carbonyl (C=O) groups is 4. The summed E-state index contributed by atoms with van der Waals surface area (Å²) in [4.78, 5) is 57.8. The molecule has 2 spiro atoms. The molecule has 0 aliphatic carbocycles. The maximum atomic E-state index is 14.9. The molecule has 2 aromatic rings. The lowest BCUT2D eigenvalue weighted by molar-refractivity contribution is -0.172. The predicted octanol–water partition coefficient (Wildman–Crippen LogP) is 0.692. The average Bonchev–Trinajstić information content (AvgIpc) is 3.72. The number of anilines is 2. The van der Waals surface area contributed by atoms with Crippen LogP contribution < -0.4 is 10.6 Å². The van der Waals surface area contributed by atoms with Crippen molar-refractivity contribution < 1.29 is 34.5 Å². The zero-order valence-corrected chi connectivity index (χ0v) is 29.2. The van der Waals surface area contributed by atoms with Crippen molar-refractivity contribution >= 4 is 78.2 Å². The molecule has 4 bridgehead atoms. The van der Waals surface area contributed by atoms with Crippen LogP contribution >= 0.6 is 43.2 Å². The minimum absolute atomic E-state index is 0.374. The third-order valence-corrected chi connectivity index (χ3v) is 19.8. The van der Waals surface area contributed by atoms with Crippen molar-refractivity contribution in [3.8, 4) is 0 Å². The second-order valence-corrected chi connectivity index (χ2v) is 19.2. The summed E-state index contributed by atoms with van der Waals surface area (Å²) in [5.41, 5.74) is -1.15. The Labute approximate surface area is 290 Å². The Morgan fingerprint density at radius 1 is 0.688 bits per heavy atom. The van der Waals surface area contributed by atoms with Crippen LogP contribution in [0.2, 0.25) is 0 Å². The number of aliphatic hydroxyl groups is 3. The molecule has 0 saturated carbocycles. The molecule has 5 N–H and O–H groups in total. The Morgan fingerprint density at radius 3 is 1.67 bits per heavy atom. The van der Waals surface area contributed by atoms with Crippen LogP contribution in [0.15, 0.2) is 48.5 Å². The summed E-state index contributed by atoms with van der Waals surface area (Å²) in [5, 5.41) is 44.8. The van der Waals surface area contributed by atoms with Gasteiger partial charge in [-0.1, -0.05) is 47.2 Å². The van der Waals surface area contributed by atoms with Gasteiger partial charge in [-0.2, -0.15) is 0 Å². The van der Waals surface area contributed by atoms with E-state index < -0.39 is 78.7 Å². The number of nitrogens with zero attached hydrogens (tertiary/aromatic N) is 4. The van der Waals surface area contributed by atoms with Gasteiger partial charge in [-0.15, -0.1) is 0 Å². The van der Waals surface area contributed by atoms with E-state index in [1.165, 1.54) is 44.4 Å². The van der Waals surface area contributed by atoms with Crippen LogP contribution in [0.1, 0.15) is 25.0 Å². The van der Waals surface area contributed by atoms with Crippen molar-refractivity contribution in [2.45, 2.75) is 74.8 Å². The standard InChI is InChI=1S/C31H30N6O7S4/c1-13(38)29-25(44)37-21-28(15-10-6-8-12-17(15)33-21,19(40)31(37,48-46-29)24(43)35(29)4)27-14-9-5-7-11-16(14)32-20(27)36-22(41)26(2)34(3)23(42)30(36,18(27)39)47-45-26/h5-13,18-21,32-33,38-40H,1-4H3/t13?,18-,19-,20+,21-,26?,27-,28+,29-,30-,31-/m0/s1. The van der Waals surface area contributed by atoms with Gasteiger partial charge >= 0.3 is 0 Å². The van der Waals surface area contributed by atoms with Gasteiger partial charge in [-0.25, -0.2) is 0 Å². The summed E-state index contributed by atoms with van der Waals surface area (Å²) >= 11 is 0. The second-order valence-electron chi connectivity index (χ2n) is 13.9. The Hall–Kier alpha value is -2.80. The van der Waals surface area contributed by atoms with Crippen LogP contribution in [-0.2, 0) is 30.0 Å². The number of piperazine rings is 2. The van der Waals surface area contributed by atoms with Gasteiger partial charge in [0.25, 0.3) is 23.6 Å². The topological polar surface area (TPSA) is 166 Å². The lowest BCUT2D eigenvalue weighted by atomic mass is 9.52. The predicted molar refractivity (Wildman–Crippen MR) is 181 cm³/mol. The zero-order valence-electron chi connectivity index (χ0n) is 25.9. The number of para-hydroxylation sites is 2. The van der Waals surface area contributed by atoms with E-state index in [1.807, 2.05) is 36.4 Å². The molecule has 17 heteroatoms. The summed E-state index contributed by atoms with van der Waals surface area (Å²) in [6, 6.07) is 14.5. The molecule has 0 aromatic heterocycles. The number of carbonyl (C=O) groups excluding carboxylic acids is 4. The maximum absolute atomic E-state index is 14.9. The lowest BCUT2D eigenvalue weighted by Gasteiger charge is -2.59. The summed E-state index contributed by atoms with van der Waals surface area (Å²) in [6.07, 6.45) is -6.80. The van der Waals surface area contributed by atoms with E-state index in [1.54, 1.807) is 26.1 Å². The Morgan fingerprint density at radius 2 is 1.15 bits per heavy atom. The molecule has 48 heavy (non-hydrogen) atoms. The monoisotopic (exact) mass is 726 g/mol. The van der Waals surface area contributed by atoms with Gasteiger partial charge in [0.05, 0.1) is 16.9 Å². The van der Waals surface area contributed by atoms with Crippen LogP contribution in [0.4, 0.5) is 11.4 Å². The van der Waals surface area contributed by atoms with Crippen LogP contribution in [0.3, 0.4) is 0 Å². The molecule has 10 aliphatic heterocycles. The van der Waals surface area contributed by atoms with E-state index in [0.29, 0.717) is 22.5 Å². The first-order chi connectivity index (χ1) is 22.8. The lowest BCUT2D eigenvalue weighted by Crippen LogP contribution is -2.80. The first kappa shape index (κ1) is 30.1. The quantitative estimate of drug-likeness (QED) is 0.275. The molecular weight excluding hydrogens is 697 g/mol. The highest BCUT2D eigenvalue weighted by Gasteiger charge is 2.93. The summed E-state index contributed by atoms with van der Waals surface area (Å²) in [6.45, 7) is 3.16. The molecule has 4 amide bonds.